The van der Waals surface area contributed by atoms with E-state index in [-0.39, 0.29) is 0 Å². The van der Waals surface area contributed by atoms with E-state index in [2.05, 4.69) is 20.8 Å². The van der Waals surface area contributed by atoms with Crippen molar-refractivity contribution in [2.75, 3.05) is 0 Å². The topological polar surface area (TPSA) is 52.6 Å². The van der Waals surface area contributed by atoms with E-state index in [1.807, 2.05) is 24.3 Å². The lowest BCUT2D eigenvalue weighted by Gasteiger charge is -2.18. The number of benzene rings is 2. The van der Waals surface area contributed by atoms with Crippen molar-refractivity contribution in [3.05, 3.63) is 70.8 Å². The first-order chi connectivity index (χ1) is 15.6. The van der Waals surface area contributed by atoms with Gasteiger partial charge < -0.3 is 9.47 Å². The maximum atomic E-state index is 12.7. The summed E-state index contributed by atoms with van der Waals surface area (Å²) in [4.78, 5) is 25.3. The van der Waals surface area contributed by atoms with Crippen molar-refractivity contribution in [1.29, 1.82) is 0 Å². The summed E-state index contributed by atoms with van der Waals surface area (Å²) in [7, 11) is 0. The molecule has 32 heavy (non-hydrogen) atoms. The van der Waals surface area contributed by atoms with Gasteiger partial charge in [0.15, 0.2) is 0 Å². The largest absolute Gasteiger partial charge is 0.422 e. The number of carbonyl (C=O) groups is 2. The molecule has 0 fully saturated rings. The van der Waals surface area contributed by atoms with Crippen LogP contribution >= 0.6 is 0 Å². The van der Waals surface area contributed by atoms with Gasteiger partial charge in [-0.25, -0.2) is 9.59 Å². The number of rotatable bonds is 14. The fourth-order valence-corrected chi connectivity index (χ4v) is 3.45. The summed E-state index contributed by atoms with van der Waals surface area (Å²) >= 11 is 0. The number of hydrogen-bond donors (Lipinski definition) is 0. The summed E-state index contributed by atoms with van der Waals surface area (Å²) in [5, 5.41) is 0. The summed E-state index contributed by atoms with van der Waals surface area (Å²) in [5.41, 5.74) is 3.36. The SMILES string of the molecule is CCCCCC(OC(=O)c1ccc(CCCC)cc1)OC(=O)c1ccc(CCCC)cc1. The van der Waals surface area contributed by atoms with Crippen LogP contribution in [0.4, 0.5) is 0 Å². The van der Waals surface area contributed by atoms with Crippen molar-refractivity contribution >= 4 is 11.9 Å². The summed E-state index contributed by atoms with van der Waals surface area (Å²) < 4.78 is 11.2. The van der Waals surface area contributed by atoms with Gasteiger partial charge in [0.1, 0.15) is 0 Å². The first-order valence-electron chi connectivity index (χ1n) is 12.2. The lowest BCUT2D eigenvalue weighted by Crippen LogP contribution is -2.25. The molecule has 0 saturated heterocycles. The number of aryl methyl sites for hydroxylation is 2. The van der Waals surface area contributed by atoms with Crippen LogP contribution in [0.5, 0.6) is 0 Å². The number of hydrogen-bond acceptors (Lipinski definition) is 4. The Kier molecular flexibility index (Phi) is 11.6. The smallest absolute Gasteiger partial charge is 0.341 e. The van der Waals surface area contributed by atoms with E-state index in [0.29, 0.717) is 17.5 Å². The van der Waals surface area contributed by atoms with Crippen molar-refractivity contribution < 1.29 is 19.1 Å². The van der Waals surface area contributed by atoms with Crippen molar-refractivity contribution in [2.45, 2.75) is 91.3 Å². The van der Waals surface area contributed by atoms with Gasteiger partial charge in [-0.1, -0.05) is 70.7 Å². The molecule has 2 aromatic carbocycles. The minimum atomic E-state index is -0.888. The lowest BCUT2D eigenvalue weighted by molar-refractivity contribution is -0.0837. The van der Waals surface area contributed by atoms with E-state index in [1.165, 1.54) is 11.1 Å². The molecular formula is C28H38O4. The lowest BCUT2D eigenvalue weighted by atomic mass is 10.1. The van der Waals surface area contributed by atoms with Crippen LogP contribution in [0.1, 0.15) is 104 Å². The van der Waals surface area contributed by atoms with Gasteiger partial charge >= 0.3 is 11.9 Å². The zero-order chi connectivity index (χ0) is 23.2. The number of carbonyl (C=O) groups excluding carboxylic acids is 2. The normalized spacial score (nSPS) is 10.9. The quantitative estimate of drug-likeness (QED) is 0.176. The first-order valence-corrected chi connectivity index (χ1v) is 12.2. The van der Waals surface area contributed by atoms with Gasteiger partial charge in [0.05, 0.1) is 11.1 Å². The fourth-order valence-electron chi connectivity index (χ4n) is 3.45. The van der Waals surface area contributed by atoms with E-state index in [1.54, 1.807) is 24.3 Å². The van der Waals surface area contributed by atoms with E-state index in [0.717, 1.165) is 57.8 Å². The number of unbranched alkanes of at least 4 members (excludes halogenated alkanes) is 4. The average Bonchev–Trinajstić information content (AvgIpc) is 2.82. The highest BCUT2D eigenvalue weighted by Gasteiger charge is 2.21. The molecule has 2 rings (SSSR count). The molecule has 0 N–H and O–H groups in total. The zero-order valence-corrected chi connectivity index (χ0v) is 19.9. The molecule has 0 aliphatic rings. The molecule has 0 bridgehead atoms. The molecule has 0 spiro atoms. The second-order valence-corrected chi connectivity index (χ2v) is 8.34. The van der Waals surface area contributed by atoms with E-state index in [9.17, 15) is 9.59 Å². The predicted molar refractivity (Wildman–Crippen MR) is 129 cm³/mol. The van der Waals surface area contributed by atoms with Gasteiger partial charge in [0, 0.05) is 6.42 Å². The second kappa shape index (κ2) is 14.4. The Morgan fingerprint density at radius 2 is 1.03 bits per heavy atom. The maximum absolute atomic E-state index is 12.7. The molecule has 0 atom stereocenters. The third kappa shape index (κ3) is 8.86. The molecule has 0 unspecified atom stereocenters. The van der Waals surface area contributed by atoms with Crippen molar-refractivity contribution in [1.82, 2.24) is 0 Å². The predicted octanol–water partition coefficient (Wildman–Crippen LogP) is 7.29. The van der Waals surface area contributed by atoms with Gasteiger partial charge in [-0.05, 0) is 67.5 Å². The van der Waals surface area contributed by atoms with E-state index in [4.69, 9.17) is 9.47 Å². The summed E-state index contributed by atoms with van der Waals surface area (Å²) in [6.07, 6.45) is 8.98. The highest BCUT2D eigenvalue weighted by molar-refractivity contribution is 5.91. The van der Waals surface area contributed by atoms with Crippen LogP contribution in [-0.4, -0.2) is 18.2 Å². The van der Waals surface area contributed by atoms with Crippen LogP contribution in [0.25, 0.3) is 0 Å². The Labute approximate surface area is 193 Å². The molecule has 174 valence electrons. The maximum Gasteiger partial charge on any atom is 0.341 e. The third-order valence-corrected chi connectivity index (χ3v) is 5.54. The Bertz CT molecular complexity index is 743. The monoisotopic (exact) mass is 438 g/mol. The van der Waals surface area contributed by atoms with Crippen LogP contribution in [0.3, 0.4) is 0 Å². The summed E-state index contributed by atoms with van der Waals surface area (Å²) in [6.45, 7) is 6.42. The summed E-state index contributed by atoms with van der Waals surface area (Å²) in [5.74, 6) is -0.924. The minimum Gasteiger partial charge on any atom is -0.422 e. The summed E-state index contributed by atoms with van der Waals surface area (Å²) in [6, 6.07) is 15.0. The van der Waals surface area contributed by atoms with Crippen LogP contribution in [0, 0.1) is 0 Å². The Morgan fingerprint density at radius 3 is 1.41 bits per heavy atom. The highest BCUT2D eigenvalue weighted by atomic mass is 16.7. The molecule has 2 aromatic rings. The molecule has 0 saturated carbocycles. The molecule has 0 aliphatic heterocycles. The molecule has 0 amide bonds. The van der Waals surface area contributed by atoms with Gasteiger partial charge in [-0.15, -0.1) is 0 Å². The molecule has 0 aliphatic carbocycles. The molecule has 4 nitrogen and oxygen atoms in total. The molecule has 0 aromatic heterocycles. The second-order valence-electron chi connectivity index (χ2n) is 8.34. The van der Waals surface area contributed by atoms with Crippen LogP contribution < -0.4 is 0 Å². The molecule has 0 heterocycles. The minimum absolute atomic E-state index is 0.462. The van der Waals surface area contributed by atoms with Gasteiger partial charge in [0.25, 0.3) is 0 Å². The van der Waals surface area contributed by atoms with Crippen LogP contribution in [0.15, 0.2) is 48.5 Å². The zero-order valence-electron chi connectivity index (χ0n) is 19.9. The standard InChI is InChI=1S/C28H38O4/c1-4-7-10-13-26(31-27(29)24-18-14-22(15-19-24)11-8-5-2)32-28(30)25-20-16-23(17-21-25)12-9-6-3/h14-21,26H,4-13H2,1-3H3. The number of esters is 2. The molecule has 0 radical (unpaired) electrons. The van der Waals surface area contributed by atoms with E-state index >= 15 is 0 Å². The van der Waals surface area contributed by atoms with Crippen molar-refractivity contribution in [3.8, 4) is 0 Å². The van der Waals surface area contributed by atoms with Crippen LogP contribution in [0.2, 0.25) is 0 Å². The average molecular weight is 439 g/mol. The van der Waals surface area contributed by atoms with Crippen molar-refractivity contribution in [3.63, 3.8) is 0 Å². The van der Waals surface area contributed by atoms with Crippen LogP contribution in [-0.2, 0) is 22.3 Å². The number of ether oxygens (including phenoxy) is 2. The third-order valence-electron chi connectivity index (χ3n) is 5.54. The first kappa shape index (κ1) is 25.6. The Balaban J connectivity index is 2.00. The van der Waals surface area contributed by atoms with Gasteiger partial charge in [0.2, 0.25) is 6.29 Å². The van der Waals surface area contributed by atoms with Crippen molar-refractivity contribution in [2.24, 2.45) is 0 Å². The highest BCUT2D eigenvalue weighted by Crippen LogP contribution is 2.16. The molecule has 4 heteroatoms. The van der Waals surface area contributed by atoms with E-state index < -0.39 is 18.2 Å². The van der Waals surface area contributed by atoms with Gasteiger partial charge in [-0.2, -0.15) is 0 Å². The molecular weight excluding hydrogens is 400 g/mol. The van der Waals surface area contributed by atoms with Gasteiger partial charge in [-0.3, -0.25) is 0 Å². The fraction of sp³-hybridized carbons (Fsp3) is 0.500. The Morgan fingerprint density at radius 1 is 0.625 bits per heavy atom. The Hall–Kier alpha value is -2.62.